The van der Waals surface area contributed by atoms with Crippen molar-refractivity contribution in [3.63, 3.8) is 0 Å². The first-order valence-corrected chi connectivity index (χ1v) is 8.37. The molecule has 0 spiro atoms. The van der Waals surface area contributed by atoms with E-state index in [9.17, 15) is 4.79 Å². The van der Waals surface area contributed by atoms with E-state index in [4.69, 9.17) is 4.74 Å². The summed E-state index contributed by atoms with van der Waals surface area (Å²) in [6, 6.07) is 0.509. The van der Waals surface area contributed by atoms with Gasteiger partial charge in [0.2, 0.25) is 5.12 Å². The molecule has 1 fully saturated rings. The van der Waals surface area contributed by atoms with E-state index in [1.54, 1.807) is 0 Å². The molecular weight excluding hydrogens is 258 g/mol. The van der Waals surface area contributed by atoms with E-state index in [2.05, 4.69) is 18.4 Å². The second-order valence-electron chi connectivity index (χ2n) is 4.99. The minimum absolute atomic E-state index is 0.0896. The molecule has 1 atom stereocenters. The van der Waals surface area contributed by atoms with Gasteiger partial charge in [0.1, 0.15) is 0 Å². The first-order valence-electron chi connectivity index (χ1n) is 7.39. The fraction of sp³-hybridized carbons (Fsp3) is 0.800. The highest BCUT2D eigenvalue weighted by Gasteiger charge is 2.21. The third kappa shape index (κ3) is 7.14. The number of hydrogen-bond acceptors (Lipinski definition) is 4. The predicted molar refractivity (Wildman–Crippen MR) is 82.6 cm³/mol. The summed E-state index contributed by atoms with van der Waals surface area (Å²) in [6.07, 6.45) is 7.76. The number of rotatable bonds is 9. The number of unbranched alkanes of at least 4 members (excludes halogenated alkanes) is 3. The maximum atomic E-state index is 11.4. The number of thioether (sulfide) groups is 1. The zero-order valence-corrected chi connectivity index (χ0v) is 12.9. The van der Waals surface area contributed by atoms with Crippen molar-refractivity contribution in [2.45, 2.75) is 45.1 Å². The molecule has 19 heavy (non-hydrogen) atoms. The highest BCUT2D eigenvalue weighted by Crippen LogP contribution is 2.18. The largest absolute Gasteiger partial charge is 0.379 e. The highest BCUT2D eigenvalue weighted by molar-refractivity contribution is 8.14. The molecule has 110 valence electrons. The monoisotopic (exact) mass is 285 g/mol. The second-order valence-corrected chi connectivity index (χ2v) is 6.01. The first-order chi connectivity index (χ1) is 9.27. The van der Waals surface area contributed by atoms with Gasteiger partial charge in [-0.05, 0) is 12.5 Å². The van der Waals surface area contributed by atoms with Crippen molar-refractivity contribution in [1.82, 2.24) is 4.90 Å². The Morgan fingerprint density at radius 1 is 1.37 bits per heavy atom. The lowest BCUT2D eigenvalue weighted by Gasteiger charge is -2.34. The minimum atomic E-state index is 0.0896. The fourth-order valence-electron chi connectivity index (χ4n) is 2.36. The van der Waals surface area contributed by atoms with Crippen LogP contribution in [0.5, 0.6) is 0 Å². The molecule has 3 nitrogen and oxygen atoms in total. The molecule has 0 aliphatic carbocycles. The Morgan fingerprint density at radius 3 is 2.74 bits per heavy atom. The van der Waals surface area contributed by atoms with Crippen LogP contribution >= 0.6 is 11.8 Å². The molecule has 1 aliphatic rings. The van der Waals surface area contributed by atoms with Gasteiger partial charge in [0.05, 0.1) is 13.2 Å². The number of morpholine rings is 1. The van der Waals surface area contributed by atoms with Crippen LogP contribution in [0.15, 0.2) is 12.7 Å². The van der Waals surface area contributed by atoms with E-state index in [1.165, 1.54) is 49.9 Å². The molecule has 0 saturated carbocycles. The van der Waals surface area contributed by atoms with E-state index in [1.807, 2.05) is 0 Å². The van der Waals surface area contributed by atoms with Crippen molar-refractivity contribution in [1.29, 1.82) is 0 Å². The lowest BCUT2D eigenvalue weighted by Crippen LogP contribution is -2.44. The lowest BCUT2D eigenvalue weighted by atomic mass is 10.1. The molecule has 1 heterocycles. The van der Waals surface area contributed by atoms with Gasteiger partial charge >= 0.3 is 0 Å². The lowest BCUT2D eigenvalue weighted by molar-refractivity contribution is -0.107. The third-order valence-corrected chi connectivity index (χ3v) is 4.54. The summed E-state index contributed by atoms with van der Waals surface area (Å²) in [5.41, 5.74) is 0. The van der Waals surface area contributed by atoms with Gasteiger partial charge in [-0.15, -0.1) is 0 Å². The zero-order valence-electron chi connectivity index (χ0n) is 12.1. The molecule has 0 N–H and O–H groups in total. The van der Waals surface area contributed by atoms with Gasteiger partial charge in [-0.2, -0.15) is 0 Å². The van der Waals surface area contributed by atoms with E-state index in [0.29, 0.717) is 6.04 Å². The predicted octanol–water partition coefficient (Wildman–Crippen LogP) is 3.10. The zero-order chi connectivity index (χ0) is 13.9. The number of hydrogen-bond donors (Lipinski definition) is 0. The molecule has 0 aromatic carbocycles. The van der Waals surface area contributed by atoms with Crippen LogP contribution < -0.4 is 0 Å². The number of carbonyl (C=O) groups is 1. The first kappa shape index (κ1) is 16.7. The van der Waals surface area contributed by atoms with Gasteiger partial charge in [-0.25, -0.2) is 0 Å². The van der Waals surface area contributed by atoms with E-state index in [-0.39, 0.29) is 5.12 Å². The Balaban J connectivity index is 2.36. The summed E-state index contributed by atoms with van der Waals surface area (Å²) in [5.74, 6) is 0.886. The SMILES string of the molecule is C=CC(=O)SCC(CCCCCC)N1CCOCC1. The smallest absolute Gasteiger partial charge is 0.211 e. The Labute approximate surface area is 121 Å². The molecule has 0 bridgehead atoms. The van der Waals surface area contributed by atoms with Crippen molar-refractivity contribution in [2.24, 2.45) is 0 Å². The molecule has 0 aromatic heterocycles. The summed E-state index contributed by atoms with van der Waals surface area (Å²) in [6.45, 7) is 9.42. The van der Waals surface area contributed by atoms with Gasteiger partial charge in [0.15, 0.2) is 0 Å². The van der Waals surface area contributed by atoms with E-state index < -0.39 is 0 Å². The van der Waals surface area contributed by atoms with Crippen LogP contribution in [0.2, 0.25) is 0 Å². The minimum Gasteiger partial charge on any atom is -0.379 e. The summed E-state index contributed by atoms with van der Waals surface area (Å²) in [4.78, 5) is 13.9. The molecule has 4 heteroatoms. The fourth-order valence-corrected chi connectivity index (χ4v) is 3.21. The van der Waals surface area contributed by atoms with E-state index >= 15 is 0 Å². The van der Waals surface area contributed by atoms with Crippen LogP contribution in [0.25, 0.3) is 0 Å². The average molecular weight is 285 g/mol. The molecule has 0 amide bonds. The summed E-state index contributed by atoms with van der Waals surface area (Å²) in [5, 5.41) is 0.0896. The molecule has 1 aliphatic heterocycles. The van der Waals surface area contributed by atoms with Crippen LogP contribution in [0.3, 0.4) is 0 Å². The van der Waals surface area contributed by atoms with Gasteiger partial charge in [0, 0.05) is 24.9 Å². The van der Waals surface area contributed by atoms with E-state index in [0.717, 1.165) is 32.1 Å². The van der Waals surface area contributed by atoms with Crippen LogP contribution in [0.1, 0.15) is 39.0 Å². The molecule has 1 saturated heterocycles. The Bertz CT molecular complexity index is 265. The number of ether oxygens (including phenoxy) is 1. The van der Waals surface area contributed by atoms with Crippen molar-refractivity contribution in [3.05, 3.63) is 12.7 Å². The molecule has 0 radical (unpaired) electrons. The van der Waals surface area contributed by atoms with Crippen LogP contribution in [0.4, 0.5) is 0 Å². The third-order valence-electron chi connectivity index (χ3n) is 3.54. The molecular formula is C15H27NO2S. The van der Waals surface area contributed by atoms with Crippen LogP contribution in [-0.4, -0.2) is 48.1 Å². The van der Waals surface area contributed by atoms with Crippen molar-refractivity contribution in [2.75, 3.05) is 32.1 Å². The van der Waals surface area contributed by atoms with Crippen molar-refractivity contribution >= 4 is 16.9 Å². The standard InChI is InChI=1S/C15H27NO2S/c1-3-5-6-7-8-14(13-19-15(17)4-2)16-9-11-18-12-10-16/h4,14H,2-3,5-13H2,1H3. The van der Waals surface area contributed by atoms with Crippen molar-refractivity contribution < 1.29 is 9.53 Å². The summed E-state index contributed by atoms with van der Waals surface area (Å²) >= 11 is 1.40. The maximum Gasteiger partial charge on any atom is 0.211 e. The van der Waals surface area contributed by atoms with Gasteiger partial charge in [-0.3, -0.25) is 9.69 Å². The summed E-state index contributed by atoms with van der Waals surface area (Å²) in [7, 11) is 0. The van der Waals surface area contributed by atoms with Gasteiger partial charge in [-0.1, -0.05) is 50.9 Å². The Morgan fingerprint density at radius 2 is 2.11 bits per heavy atom. The maximum absolute atomic E-state index is 11.4. The molecule has 1 rings (SSSR count). The summed E-state index contributed by atoms with van der Waals surface area (Å²) < 4.78 is 5.41. The normalized spacial score (nSPS) is 18.2. The highest BCUT2D eigenvalue weighted by atomic mass is 32.2. The average Bonchev–Trinajstić information content (AvgIpc) is 2.47. The quantitative estimate of drug-likeness (QED) is 0.481. The number of carbonyl (C=O) groups excluding carboxylic acids is 1. The second kappa shape index (κ2) is 10.5. The van der Waals surface area contributed by atoms with Crippen LogP contribution in [0, 0.1) is 0 Å². The number of nitrogens with zero attached hydrogens (tertiary/aromatic N) is 1. The molecule has 1 unspecified atom stereocenters. The van der Waals surface area contributed by atoms with Gasteiger partial charge in [0.25, 0.3) is 0 Å². The Kier molecular flexibility index (Phi) is 9.22. The van der Waals surface area contributed by atoms with Crippen molar-refractivity contribution in [3.8, 4) is 0 Å². The molecule has 0 aromatic rings. The van der Waals surface area contributed by atoms with Gasteiger partial charge < -0.3 is 4.74 Å². The van der Waals surface area contributed by atoms with Crippen LogP contribution in [-0.2, 0) is 9.53 Å². The Hall–Kier alpha value is -0.320. The topological polar surface area (TPSA) is 29.5 Å².